The summed E-state index contributed by atoms with van der Waals surface area (Å²) in [5.74, 6) is 0.505. The second-order valence-electron chi connectivity index (χ2n) is 8.23. The number of nitrogens with one attached hydrogen (secondary N) is 1. The Bertz CT molecular complexity index is 669. The van der Waals surface area contributed by atoms with Crippen LogP contribution < -0.4 is 5.32 Å². The van der Waals surface area contributed by atoms with Crippen molar-refractivity contribution in [2.45, 2.75) is 64.0 Å². The quantitative estimate of drug-likeness (QED) is 0.881. The van der Waals surface area contributed by atoms with Gasteiger partial charge < -0.3 is 19.7 Å². The molecule has 0 aromatic heterocycles. The maximum absolute atomic E-state index is 13.3. The van der Waals surface area contributed by atoms with Crippen LogP contribution in [0.25, 0.3) is 0 Å². The number of carbonyl (C=O) groups excluding carboxylic acids is 1. The van der Waals surface area contributed by atoms with Gasteiger partial charge in [-0.05, 0) is 30.4 Å². The van der Waals surface area contributed by atoms with E-state index in [9.17, 15) is 4.79 Å². The molecule has 0 unspecified atom stereocenters. The molecule has 0 bridgehead atoms. The Labute approximate surface area is 157 Å². The predicted octanol–water partition coefficient (Wildman–Crippen LogP) is 2.55. The third kappa shape index (κ3) is 3.28. The van der Waals surface area contributed by atoms with E-state index in [1.807, 2.05) is 0 Å². The van der Waals surface area contributed by atoms with Gasteiger partial charge in [0.15, 0.2) is 0 Å². The van der Waals surface area contributed by atoms with Crippen molar-refractivity contribution >= 4 is 5.91 Å². The van der Waals surface area contributed by atoms with Gasteiger partial charge in [0.2, 0.25) is 0 Å². The molecule has 0 radical (unpaired) electrons. The van der Waals surface area contributed by atoms with Crippen LogP contribution in [0.3, 0.4) is 0 Å². The molecule has 1 N–H and O–H groups in total. The number of amides is 1. The molecular weight excluding hydrogens is 328 g/mol. The van der Waals surface area contributed by atoms with Crippen LogP contribution in [-0.4, -0.2) is 54.9 Å². The molecular formula is C21H32N2O3. The standard InChI is InChI=1S/C21H30N2O3.H2/c1-13(2)20-16-7-5-4-6-15(16)8-9-23(20)21(24)18-10-17-19(12-25-18)26-14(3)11-22-17;/h4-7,13-14,17-20,22H,8-12H2,1-3H3;1H/t14-,17+,18-,19+,20+;/m1./s1. The van der Waals surface area contributed by atoms with Crippen LogP contribution in [0.4, 0.5) is 0 Å². The predicted molar refractivity (Wildman–Crippen MR) is 102 cm³/mol. The van der Waals surface area contributed by atoms with Crippen molar-refractivity contribution in [3.8, 4) is 0 Å². The number of ether oxygens (including phenoxy) is 2. The minimum atomic E-state index is -0.368. The van der Waals surface area contributed by atoms with Gasteiger partial charge in [-0.15, -0.1) is 0 Å². The van der Waals surface area contributed by atoms with Gasteiger partial charge in [-0.25, -0.2) is 0 Å². The number of rotatable bonds is 2. The normalized spacial score (nSPS) is 34.3. The van der Waals surface area contributed by atoms with Crippen LogP contribution in [0, 0.1) is 5.92 Å². The number of carbonyl (C=O) groups is 1. The number of benzene rings is 1. The van der Waals surface area contributed by atoms with Crippen molar-refractivity contribution in [1.29, 1.82) is 0 Å². The molecule has 1 aromatic carbocycles. The number of morpholine rings is 1. The van der Waals surface area contributed by atoms with E-state index >= 15 is 0 Å². The lowest BCUT2D eigenvalue weighted by atomic mass is 9.85. The fourth-order valence-electron chi connectivity index (χ4n) is 4.71. The van der Waals surface area contributed by atoms with E-state index in [1.54, 1.807) is 0 Å². The topological polar surface area (TPSA) is 50.8 Å². The zero-order chi connectivity index (χ0) is 18.3. The lowest BCUT2D eigenvalue weighted by Gasteiger charge is -2.45. The molecule has 2 fully saturated rings. The molecule has 1 amide bonds. The Kier molecular flexibility index (Phi) is 5.04. The molecule has 4 rings (SSSR count). The van der Waals surface area contributed by atoms with Gasteiger partial charge in [0.05, 0.1) is 24.9 Å². The van der Waals surface area contributed by atoms with Crippen LogP contribution in [0.5, 0.6) is 0 Å². The van der Waals surface area contributed by atoms with Gasteiger partial charge in [-0.3, -0.25) is 4.79 Å². The van der Waals surface area contributed by atoms with E-state index in [2.05, 4.69) is 55.3 Å². The average Bonchev–Trinajstić information content (AvgIpc) is 2.65. The minimum absolute atomic E-state index is 0. The zero-order valence-electron chi connectivity index (χ0n) is 16.0. The summed E-state index contributed by atoms with van der Waals surface area (Å²) in [6, 6.07) is 8.88. The van der Waals surface area contributed by atoms with Gasteiger partial charge in [0.25, 0.3) is 5.91 Å². The molecule has 3 heterocycles. The summed E-state index contributed by atoms with van der Waals surface area (Å²) in [5, 5.41) is 3.53. The Morgan fingerprint density at radius 3 is 2.96 bits per heavy atom. The smallest absolute Gasteiger partial charge is 0.252 e. The number of hydrogen-bond donors (Lipinski definition) is 1. The number of fused-ring (bicyclic) bond motifs is 2. The first-order chi connectivity index (χ1) is 12.5. The van der Waals surface area contributed by atoms with Crippen molar-refractivity contribution in [3.63, 3.8) is 0 Å². The van der Waals surface area contributed by atoms with Crippen molar-refractivity contribution in [2.24, 2.45) is 5.92 Å². The van der Waals surface area contributed by atoms with E-state index in [0.717, 1.165) is 19.5 Å². The zero-order valence-corrected chi connectivity index (χ0v) is 16.0. The van der Waals surface area contributed by atoms with Crippen LogP contribution in [0.1, 0.15) is 45.8 Å². The van der Waals surface area contributed by atoms with Gasteiger partial charge in [-0.2, -0.15) is 0 Å². The Hall–Kier alpha value is -1.43. The maximum Gasteiger partial charge on any atom is 0.252 e. The second-order valence-corrected chi connectivity index (χ2v) is 8.23. The summed E-state index contributed by atoms with van der Waals surface area (Å²) < 4.78 is 11.9. The minimum Gasteiger partial charge on any atom is -0.370 e. The van der Waals surface area contributed by atoms with E-state index in [1.165, 1.54) is 11.1 Å². The SMILES string of the molecule is CC(C)[C@H]1c2ccccc2CCN1C(=O)[C@H]1C[C@@H]2NC[C@@H](C)O[C@H]2CO1.[HH]. The average molecular weight is 360 g/mol. The fraction of sp³-hybridized carbons (Fsp3) is 0.667. The first-order valence-corrected chi connectivity index (χ1v) is 9.93. The molecule has 2 saturated heterocycles. The van der Waals surface area contributed by atoms with Crippen molar-refractivity contribution < 1.29 is 15.7 Å². The summed E-state index contributed by atoms with van der Waals surface area (Å²) in [4.78, 5) is 15.4. The molecule has 5 atom stereocenters. The third-order valence-corrected chi connectivity index (χ3v) is 5.97. The molecule has 26 heavy (non-hydrogen) atoms. The van der Waals surface area contributed by atoms with Crippen LogP contribution >= 0.6 is 0 Å². The number of nitrogens with zero attached hydrogens (tertiary/aromatic N) is 1. The third-order valence-electron chi connectivity index (χ3n) is 5.97. The summed E-state index contributed by atoms with van der Waals surface area (Å²) in [7, 11) is 0. The van der Waals surface area contributed by atoms with Gasteiger partial charge in [0, 0.05) is 27.0 Å². The van der Waals surface area contributed by atoms with E-state index < -0.39 is 0 Å². The van der Waals surface area contributed by atoms with Crippen LogP contribution in [-0.2, 0) is 20.7 Å². The van der Waals surface area contributed by atoms with E-state index in [-0.39, 0.29) is 37.7 Å². The molecule has 5 nitrogen and oxygen atoms in total. The van der Waals surface area contributed by atoms with Crippen molar-refractivity contribution in [2.75, 3.05) is 19.7 Å². The first-order valence-electron chi connectivity index (χ1n) is 9.93. The van der Waals surface area contributed by atoms with Crippen LogP contribution in [0.2, 0.25) is 0 Å². The lowest BCUT2D eigenvalue weighted by Crippen LogP contribution is -2.60. The number of hydrogen-bond acceptors (Lipinski definition) is 4. The maximum atomic E-state index is 13.3. The summed E-state index contributed by atoms with van der Waals surface area (Å²) >= 11 is 0. The summed E-state index contributed by atoms with van der Waals surface area (Å²) in [6.07, 6.45) is 1.51. The molecule has 144 valence electrons. The summed E-state index contributed by atoms with van der Waals surface area (Å²) in [5.41, 5.74) is 2.67. The van der Waals surface area contributed by atoms with Gasteiger partial charge >= 0.3 is 0 Å². The highest BCUT2D eigenvalue weighted by atomic mass is 16.6. The largest absolute Gasteiger partial charge is 0.370 e. The van der Waals surface area contributed by atoms with Gasteiger partial charge in [0.1, 0.15) is 6.10 Å². The molecule has 0 aliphatic carbocycles. The lowest BCUT2D eigenvalue weighted by molar-refractivity contribution is -0.170. The van der Waals surface area contributed by atoms with E-state index in [0.29, 0.717) is 18.9 Å². The molecule has 1 aromatic rings. The molecule has 5 heteroatoms. The van der Waals surface area contributed by atoms with E-state index in [4.69, 9.17) is 9.47 Å². The Morgan fingerprint density at radius 2 is 2.15 bits per heavy atom. The highest BCUT2D eigenvalue weighted by molar-refractivity contribution is 5.82. The Morgan fingerprint density at radius 1 is 1.35 bits per heavy atom. The van der Waals surface area contributed by atoms with Gasteiger partial charge in [-0.1, -0.05) is 38.1 Å². The highest BCUT2D eigenvalue weighted by Gasteiger charge is 2.42. The molecule has 3 aliphatic rings. The monoisotopic (exact) mass is 360 g/mol. The molecule has 3 aliphatic heterocycles. The highest BCUT2D eigenvalue weighted by Crippen LogP contribution is 2.36. The fourth-order valence-corrected chi connectivity index (χ4v) is 4.71. The molecule has 0 saturated carbocycles. The summed E-state index contributed by atoms with van der Waals surface area (Å²) in [6.45, 7) is 8.57. The van der Waals surface area contributed by atoms with Crippen LogP contribution in [0.15, 0.2) is 24.3 Å². The second kappa shape index (κ2) is 7.29. The van der Waals surface area contributed by atoms with Crippen molar-refractivity contribution in [1.82, 2.24) is 10.2 Å². The Balaban J connectivity index is 0.00000210. The van der Waals surface area contributed by atoms with Crippen molar-refractivity contribution in [3.05, 3.63) is 35.4 Å². The molecule has 0 spiro atoms. The first kappa shape index (κ1) is 18.0.